The van der Waals surface area contributed by atoms with E-state index in [1.165, 1.54) is 13.0 Å². The Morgan fingerprint density at radius 3 is 2.62 bits per heavy atom. The van der Waals surface area contributed by atoms with Crippen LogP contribution >= 0.6 is 11.6 Å². The van der Waals surface area contributed by atoms with Crippen LogP contribution in [0.3, 0.4) is 0 Å². The van der Waals surface area contributed by atoms with Crippen LogP contribution in [0, 0.1) is 19.7 Å². The Morgan fingerprint density at radius 2 is 2.00 bits per heavy atom. The molecular formula is C21H21ClFN3O3. The molecule has 29 heavy (non-hydrogen) atoms. The lowest BCUT2D eigenvalue weighted by Gasteiger charge is -2.23. The number of carbonyl (C=O) groups is 3. The van der Waals surface area contributed by atoms with Crippen LogP contribution in [-0.2, 0) is 16.9 Å². The molecular weight excluding hydrogens is 397 g/mol. The number of allylic oxidation sites excluding steroid dienone is 1. The zero-order valence-electron chi connectivity index (χ0n) is 16.4. The highest BCUT2D eigenvalue weighted by molar-refractivity contribution is 6.32. The number of aromatic nitrogens is 1. The molecule has 1 atom stereocenters. The predicted octanol–water partition coefficient (Wildman–Crippen LogP) is 3.73. The van der Waals surface area contributed by atoms with Gasteiger partial charge in [-0.1, -0.05) is 23.7 Å². The number of rotatable bonds is 6. The Balaban J connectivity index is 1.88. The zero-order chi connectivity index (χ0) is 21.5. The number of imide groups is 1. The Kier molecular flexibility index (Phi) is 5.36. The fraction of sp³-hybridized carbons (Fsp3) is 0.286. The van der Waals surface area contributed by atoms with Gasteiger partial charge in [-0.2, -0.15) is 0 Å². The van der Waals surface area contributed by atoms with E-state index in [0.717, 1.165) is 28.4 Å². The topological polar surface area (TPSA) is 71.4 Å². The molecule has 0 spiro atoms. The van der Waals surface area contributed by atoms with E-state index in [4.69, 9.17) is 11.6 Å². The number of nitrogens with zero attached hydrogens (tertiary/aromatic N) is 2. The van der Waals surface area contributed by atoms with E-state index in [9.17, 15) is 18.8 Å². The molecule has 1 unspecified atom stereocenters. The van der Waals surface area contributed by atoms with Gasteiger partial charge in [-0.3, -0.25) is 14.5 Å². The van der Waals surface area contributed by atoms with Crippen molar-refractivity contribution < 1.29 is 18.8 Å². The monoisotopic (exact) mass is 417 g/mol. The highest BCUT2D eigenvalue weighted by Crippen LogP contribution is 2.34. The summed E-state index contributed by atoms with van der Waals surface area (Å²) >= 11 is 6.09. The van der Waals surface area contributed by atoms with Gasteiger partial charge >= 0.3 is 6.03 Å². The Morgan fingerprint density at radius 1 is 1.31 bits per heavy atom. The minimum atomic E-state index is -1.48. The van der Waals surface area contributed by atoms with Gasteiger partial charge in [-0.25, -0.2) is 9.18 Å². The largest absolute Gasteiger partial charge is 0.345 e. The third-order valence-electron chi connectivity index (χ3n) is 5.23. The zero-order valence-corrected chi connectivity index (χ0v) is 17.1. The van der Waals surface area contributed by atoms with Crippen LogP contribution in [0.4, 0.5) is 9.18 Å². The first kappa shape index (κ1) is 20.8. The van der Waals surface area contributed by atoms with Crippen LogP contribution < -0.4 is 5.32 Å². The Labute approximate surface area is 172 Å². The van der Waals surface area contributed by atoms with Gasteiger partial charge < -0.3 is 9.88 Å². The molecule has 1 saturated heterocycles. The van der Waals surface area contributed by atoms with E-state index >= 15 is 0 Å². The molecule has 0 saturated carbocycles. The Hall–Kier alpha value is -2.93. The minimum absolute atomic E-state index is 0.0160. The van der Waals surface area contributed by atoms with Crippen LogP contribution in [0.15, 0.2) is 36.9 Å². The van der Waals surface area contributed by atoms with Gasteiger partial charge in [-0.15, -0.1) is 6.58 Å². The third kappa shape index (κ3) is 3.46. The number of urea groups is 1. The first-order valence-electron chi connectivity index (χ1n) is 9.00. The number of aryl methyl sites for hydroxylation is 1. The van der Waals surface area contributed by atoms with E-state index in [2.05, 4.69) is 11.9 Å². The van der Waals surface area contributed by atoms with Crippen LogP contribution in [0.2, 0.25) is 5.02 Å². The predicted molar refractivity (Wildman–Crippen MR) is 107 cm³/mol. The fourth-order valence-electron chi connectivity index (χ4n) is 3.64. The summed E-state index contributed by atoms with van der Waals surface area (Å²) in [6.45, 7) is 9.00. The summed E-state index contributed by atoms with van der Waals surface area (Å²) in [5, 5.41) is 2.59. The highest BCUT2D eigenvalue weighted by atomic mass is 35.5. The number of halogens is 2. The number of Topliss-reactive ketones (excluding diaryl/α,β-unsaturated/α-hetero) is 1. The average molecular weight is 418 g/mol. The molecule has 1 aliphatic rings. The third-order valence-corrected chi connectivity index (χ3v) is 5.54. The summed E-state index contributed by atoms with van der Waals surface area (Å²) in [6, 6.07) is 4.61. The normalized spacial score (nSPS) is 18.9. The maximum atomic E-state index is 13.4. The van der Waals surface area contributed by atoms with E-state index in [1.54, 1.807) is 19.1 Å². The maximum absolute atomic E-state index is 13.4. The van der Waals surface area contributed by atoms with Gasteiger partial charge in [0.1, 0.15) is 11.4 Å². The van der Waals surface area contributed by atoms with Crippen LogP contribution in [0.5, 0.6) is 0 Å². The number of nitrogens with one attached hydrogen (secondary N) is 1. The van der Waals surface area contributed by atoms with Gasteiger partial charge in [0.15, 0.2) is 5.78 Å². The summed E-state index contributed by atoms with van der Waals surface area (Å²) in [4.78, 5) is 39.2. The minimum Gasteiger partial charge on any atom is -0.345 e. The van der Waals surface area contributed by atoms with Crippen LogP contribution in [0.25, 0.3) is 0 Å². The lowest BCUT2D eigenvalue weighted by molar-refractivity contribution is -0.130. The number of amides is 3. The lowest BCUT2D eigenvalue weighted by Crippen LogP contribution is -2.41. The lowest BCUT2D eigenvalue weighted by atomic mass is 9.92. The number of hydrogen-bond donors (Lipinski definition) is 1. The van der Waals surface area contributed by atoms with Crippen molar-refractivity contribution in [2.24, 2.45) is 0 Å². The molecule has 1 fully saturated rings. The molecule has 152 valence electrons. The average Bonchev–Trinajstić information content (AvgIpc) is 3.04. The molecule has 0 bridgehead atoms. The van der Waals surface area contributed by atoms with Crippen LogP contribution in [0.1, 0.15) is 34.2 Å². The molecule has 1 aliphatic heterocycles. The molecule has 3 amide bonds. The fourth-order valence-corrected chi connectivity index (χ4v) is 4.00. The van der Waals surface area contributed by atoms with Gasteiger partial charge in [-0.05, 0) is 39.0 Å². The quantitative estimate of drug-likeness (QED) is 0.442. The van der Waals surface area contributed by atoms with Gasteiger partial charge in [0.2, 0.25) is 0 Å². The number of carbonyl (C=O) groups excluding carboxylic acids is 3. The highest BCUT2D eigenvalue weighted by Gasteiger charge is 2.50. The molecule has 8 heteroatoms. The van der Waals surface area contributed by atoms with E-state index in [1.807, 2.05) is 11.5 Å². The van der Waals surface area contributed by atoms with Crippen molar-refractivity contribution in [2.75, 3.05) is 6.54 Å². The molecule has 1 N–H and O–H groups in total. The second-order valence-corrected chi connectivity index (χ2v) is 7.59. The second kappa shape index (κ2) is 7.48. The maximum Gasteiger partial charge on any atom is 0.325 e. The van der Waals surface area contributed by atoms with Crippen molar-refractivity contribution in [1.29, 1.82) is 0 Å². The van der Waals surface area contributed by atoms with Crippen molar-refractivity contribution in [3.8, 4) is 0 Å². The Bertz CT molecular complexity index is 1050. The molecule has 0 radical (unpaired) electrons. The first-order valence-corrected chi connectivity index (χ1v) is 9.38. The van der Waals surface area contributed by atoms with Crippen molar-refractivity contribution in [2.45, 2.75) is 32.9 Å². The molecule has 1 aromatic carbocycles. The SMILES string of the molecule is C=CCn1c(C)cc(C(=O)CN2C(=O)NC(C)(c3ccc(F)cc3Cl)C2=O)c1C. The molecule has 6 nitrogen and oxygen atoms in total. The van der Waals surface area contributed by atoms with Crippen molar-refractivity contribution >= 4 is 29.3 Å². The summed E-state index contributed by atoms with van der Waals surface area (Å²) in [7, 11) is 0. The smallest absolute Gasteiger partial charge is 0.325 e. The first-order chi connectivity index (χ1) is 13.6. The van der Waals surface area contributed by atoms with Crippen molar-refractivity contribution in [3.05, 3.63) is 70.3 Å². The summed E-state index contributed by atoms with van der Waals surface area (Å²) in [6.07, 6.45) is 1.73. The number of hydrogen-bond acceptors (Lipinski definition) is 3. The van der Waals surface area contributed by atoms with E-state index in [0.29, 0.717) is 12.1 Å². The number of benzene rings is 1. The molecule has 3 rings (SSSR count). The summed E-state index contributed by atoms with van der Waals surface area (Å²) in [5.41, 5.74) is 0.841. The van der Waals surface area contributed by atoms with Gasteiger partial charge in [0.05, 0.1) is 6.54 Å². The molecule has 0 aliphatic carbocycles. The van der Waals surface area contributed by atoms with E-state index in [-0.39, 0.29) is 16.4 Å². The van der Waals surface area contributed by atoms with Gasteiger partial charge in [0.25, 0.3) is 5.91 Å². The van der Waals surface area contributed by atoms with Crippen molar-refractivity contribution in [3.63, 3.8) is 0 Å². The molecule has 1 aromatic heterocycles. The van der Waals surface area contributed by atoms with Crippen molar-refractivity contribution in [1.82, 2.24) is 14.8 Å². The molecule has 2 heterocycles. The van der Waals surface area contributed by atoms with Gasteiger partial charge in [0, 0.05) is 34.1 Å². The molecule has 2 aromatic rings. The van der Waals surface area contributed by atoms with E-state index < -0.39 is 29.8 Å². The standard InChI is InChI=1S/C21H21ClFN3O3/c1-5-8-25-12(2)9-15(13(25)3)18(27)11-26-19(28)21(4,24-20(26)29)16-7-6-14(23)10-17(16)22/h5-7,9-10H,1,8,11H2,2-4H3,(H,24,29). The van der Waals surface area contributed by atoms with Crippen LogP contribution in [-0.4, -0.2) is 33.7 Å². The number of ketones is 1. The second-order valence-electron chi connectivity index (χ2n) is 7.18. The summed E-state index contributed by atoms with van der Waals surface area (Å²) in [5.74, 6) is -1.53. The summed E-state index contributed by atoms with van der Waals surface area (Å²) < 4.78 is 15.3.